The highest BCUT2D eigenvalue weighted by Crippen LogP contribution is 2.36. The van der Waals surface area contributed by atoms with Crippen LogP contribution < -0.4 is 10.4 Å². The van der Waals surface area contributed by atoms with E-state index in [-0.39, 0.29) is 19.1 Å². The first-order valence-corrected chi connectivity index (χ1v) is 13.1. The first-order valence-electron chi connectivity index (χ1n) is 11.5. The van der Waals surface area contributed by atoms with Gasteiger partial charge in [-0.15, -0.1) is 0 Å². The van der Waals surface area contributed by atoms with Gasteiger partial charge in [-0.05, 0) is 12.8 Å². The van der Waals surface area contributed by atoms with E-state index in [1.165, 1.54) is 6.42 Å². The van der Waals surface area contributed by atoms with Gasteiger partial charge >= 0.3 is 7.75 Å². The summed E-state index contributed by atoms with van der Waals surface area (Å²) in [6.45, 7) is 4.93. The molecular formula is C21H47N3O5P+. The number of carbonyl (C=O) groups excluding carboxylic acids is 1. The highest BCUT2D eigenvalue weighted by molar-refractivity contribution is 7.50. The highest BCUT2D eigenvalue weighted by atomic mass is 31.2. The first-order chi connectivity index (χ1) is 14.0. The van der Waals surface area contributed by atoms with E-state index >= 15 is 0 Å². The van der Waals surface area contributed by atoms with Crippen LogP contribution in [0.2, 0.25) is 0 Å². The second-order valence-corrected chi connectivity index (χ2v) is 10.7. The molecule has 0 aromatic rings. The minimum Gasteiger partial charge on any atom is -0.391 e. The largest absolute Gasteiger partial charge is 0.403 e. The molecule has 4 N–H and O–H groups in total. The number of quaternary nitrogens is 1. The Kier molecular flexibility index (Phi) is 15.9. The average molecular weight is 453 g/mol. The van der Waals surface area contributed by atoms with E-state index in [1.807, 2.05) is 21.1 Å². The van der Waals surface area contributed by atoms with Crippen molar-refractivity contribution >= 4 is 13.7 Å². The number of carbonyl (C=O) groups is 1. The van der Waals surface area contributed by atoms with E-state index in [1.54, 1.807) is 0 Å². The predicted octanol–water partition coefficient (Wildman–Crippen LogP) is 3.19. The Bertz CT molecular complexity index is 500. The van der Waals surface area contributed by atoms with Crippen LogP contribution in [0, 0.1) is 0 Å². The van der Waals surface area contributed by atoms with E-state index in [2.05, 4.69) is 24.3 Å². The lowest BCUT2D eigenvalue weighted by Gasteiger charge is -2.27. The minimum absolute atomic E-state index is 0.0200. The number of amides is 1. The Balaban J connectivity index is 4.68. The fourth-order valence-corrected chi connectivity index (χ4v) is 3.80. The Morgan fingerprint density at radius 1 is 1.03 bits per heavy atom. The Labute approximate surface area is 183 Å². The van der Waals surface area contributed by atoms with Crippen molar-refractivity contribution in [3.8, 4) is 0 Å². The van der Waals surface area contributed by atoms with Crippen LogP contribution >= 0.6 is 7.75 Å². The normalized spacial score (nSPS) is 16.1. The lowest BCUT2D eigenvalue weighted by atomic mass is 10.0. The zero-order valence-electron chi connectivity index (χ0n) is 19.9. The van der Waals surface area contributed by atoms with Crippen LogP contribution in [0.25, 0.3) is 0 Å². The van der Waals surface area contributed by atoms with Crippen LogP contribution in [-0.2, 0) is 13.9 Å². The van der Waals surface area contributed by atoms with Gasteiger partial charge in [-0.2, -0.15) is 0 Å². The second-order valence-electron chi connectivity index (χ2n) is 9.13. The summed E-state index contributed by atoms with van der Waals surface area (Å²) in [5.41, 5.74) is 0. The van der Waals surface area contributed by atoms with E-state index < -0.39 is 19.9 Å². The van der Waals surface area contributed by atoms with Crippen LogP contribution in [0.5, 0.6) is 0 Å². The molecule has 1 unspecified atom stereocenters. The Hall–Kier alpha value is -0.500. The van der Waals surface area contributed by atoms with Gasteiger partial charge in [-0.25, -0.2) is 9.65 Å². The van der Waals surface area contributed by atoms with Crippen LogP contribution in [0.3, 0.4) is 0 Å². The quantitative estimate of drug-likeness (QED) is 0.136. The van der Waals surface area contributed by atoms with Gasteiger partial charge in [-0.1, -0.05) is 58.8 Å². The van der Waals surface area contributed by atoms with Gasteiger partial charge in [0.25, 0.3) is 0 Å². The van der Waals surface area contributed by atoms with Gasteiger partial charge in [0.1, 0.15) is 13.2 Å². The molecule has 9 heteroatoms. The molecule has 0 rings (SSSR count). The number of nitrogens with zero attached hydrogens (tertiary/aromatic N) is 1. The Morgan fingerprint density at radius 3 is 2.23 bits per heavy atom. The molecule has 180 valence electrons. The molecule has 0 saturated carbocycles. The number of hydrogen-bond donors (Lipinski definition) is 4. The summed E-state index contributed by atoms with van der Waals surface area (Å²) in [6, 6.07) is -0.632. The predicted molar refractivity (Wildman–Crippen MR) is 122 cm³/mol. The molecule has 0 heterocycles. The second kappa shape index (κ2) is 16.2. The molecule has 0 aromatic heterocycles. The summed E-state index contributed by atoms with van der Waals surface area (Å²) in [5.74, 6) is -0.140. The maximum Gasteiger partial charge on any atom is 0.403 e. The number of likely N-dealkylation sites (N-methyl/N-ethyl adjacent to an activating group) is 1. The SMILES string of the molecule is CCCCCCC[C@@H](O)[C@H](CNP(=O)(O)OCC[N+](C)(C)C)NC(=O)CCCCC. The highest BCUT2D eigenvalue weighted by Gasteiger charge is 2.26. The molecule has 0 saturated heterocycles. The molecule has 0 spiro atoms. The molecule has 0 aliphatic heterocycles. The van der Waals surface area contributed by atoms with E-state index in [9.17, 15) is 19.4 Å². The van der Waals surface area contributed by atoms with Crippen LogP contribution in [0.1, 0.15) is 78.1 Å². The van der Waals surface area contributed by atoms with Crippen LogP contribution in [0.15, 0.2) is 0 Å². The average Bonchev–Trinajstić information content (AvgIpc) is 2.63. The smallest absolute Gasteiger partial charge is 0.391 e. The number of unbranched alkanes of at least 4 members (excludes halogenated alkanes) is 6. The molecule has 30 heavy (non-hydrogen) atoms. The van der Waals surface area contributed by atoms with Crippen molar-refractivity contribution in [2.45, 2.75) is 90.2 Å². The summed E-state index contributed by atoms with van der Waals surface area (Å²) in [6.07, 6.45) is 8.30. The maximum atomic E-state index is 12.3. The van der Waals surface area contributed by atoms with Crippen molar-refractivity contribution in [1.29, 1.82) is 0 Å². The third-order valence-corrected chi connectivity index (χ3v) is 6.08. The van der Waals surface area contributed by atoms with Gasteiger partial charge in [0.05, 0.1) is 33.3 Å². The summed E-state index contributed by atoms with van der Waals surface area (Å²) >= 11 is 0. The molecule has 8 nitrogen and oxygen atoms in total. The zero-order chi connectivity index (χ0) is 23.0. The number of hydrogen-bond acceptors (Lipinski definition) is 4. The molecule has 0 aliphatic carbocycles. The lowest BCUT2D eigenvalue weighted by molar-refractivity contribution is -0.870. The van der Waals surface area contributed by atoms with E-state index in [0.29, 0.717) is 23.9 Å². The molecule has 3 atom stereocenters. The molecule has 0 fully saturated rings. The van der Waals surface area contributed by atoms with Crippen molar-refractivity contribution in [3.63, 3.8) is 0 Å². The summed E-state index contributed by atoms with van der Waals surface area (Å²) < 4.78 is 18.0. The van der Waals surface area contributed by atoms with Crippen molar-refractivity contribution in [3.05, 3.63) is 0 Å². The van der Waals surface area contributed by atoms with Crippen LogP contribution in [0.4, 0.5) is 0 Å². The molecular weight excluding hydrogens is 405 g/mol. The van der Waals surface area contributed by atoms with E-state index in [0.717, 1.165) is 44.9 Å². The third kappa shape index (κ3) is 17.2. The maximum absolute atomic E-state index is 12.3. The zero-order valence-corrected chi connectivity index (χ0v) is 20.8. The van der Waals surface area contributed by atoms with Gasteiger partial charge in [0.15, 0.2) is 0 Å². The fourth-order valence-electron chi connectivity index (χ4n) is 2.95. The van der Waals surface area contributed by atoms with Gasteiger partial charge in [0, 0.05) is 13.0 Å². The standard InChI is InChI=1S/C21H46N3O5P/c1-6-8-10-11-13-14-20(25)19(23-21(26)15-12-9-7-2)18-22-30(27,28)29-17-16-24(3,4)5/h19-20,25H,6-18H2,1-5H3,(H2-,22,23,26,27,28)/p+1/t19-,20+/m0/s1. The molecule has 0 bridgehead atoms. The monoisotopic (exact) mass is 452 g/mol. The third-order valence-electron chi connectivity index (χ3n) is 4.96. The molecule has 0 aliphatic rings. The van der Waals surface area contributed by atoms with E-state index in [4.69, 9.17) is 4.52 Å². The van der Waals surface area contributed by atoms with Crippen molar-refractivity contribution < 1.29 is 28.4 Å². The number of rotatable bonds is 19. The summed E-state index contributed by atoms with van der Waals surface area (Å²) in [7, 11) is 1.91. The van der Waals surface area contributed by atoms with Gasteiger partial charge in [-0.3, -0.25) is 9.32 Å². The number of nitrogens with one attached hydrogen (secondary N) is 2. The topological polar surface area (TPSA) is 108 Å². The van der Waals surface area contributed by atoms with Crippen molar-refractivity contribution in [1.82, 2.24) is 10.4 Å². The number of aliphatic hydroxyl groups excluding tert-OH is 1. The lowest BCUT2D eigenvalue weighted by Crippen LogP contribution is -2.49. The minimum atomic E-state index is -4.00. The summed E-state index contributed by atoms with van der Waals surface area (Å²) in [4.78, 5) is 22.3. The first kappa shape index (κ1) is 29.5. The molecule has 1 amide bonds. The van der Waals surface area contributed by atoms with Gasteiger partial charge in [0.2, 0.25) is 5.91 Å². The summed E-state index contributed by atoms with van der Waals surface area (Å²) in [5, 5.41) is 16.0. The molecule has 0 radical (unpaired) electrons. The van der Waals surface area contributed by atoms with Crippen molar-refractivity contribution in [2.75, 3.05) is 40.8 Å². The Morgan fingerprint density at radius 2 is 1.63 bits per heavy atom. The van der Waals surface area contributed by atoms with Crippen LogP contribution in [-0.4, -0.2) is 73.4 Å². The fraction of sp³-hybridized carbons (Fsp3) is 0.952. The molecule has 0 aromatic carbocycles. The number of aliphatic hydroxyl groups is 1. The van der Waals surface area contributed by atoms with Gasteiger partial charge < -0.3 is 19.8 Å². The van der Waals surface area contributed by atoms with Crippen molar-refractivity contribution in [2.24, 2.45) is 0 Å².